The highest BCUT2D eigenvalue weighted by Gasteiger charge is 2.39. The summed E-state index contributed by atoms with van der Waals surface area (Å²) in [4.78, 5) is 0.251. The van der Waals surface area contributed by atoms with E-state index >= 15 is 0 Å². The Morgan fingerprint density at radius 1 is 1.00 bits per heavy atom. The fourth-order valence-corrected chi connectivity index (χ4v) is 6.33. The number of fused-ring (bicyclic) bond motifs is 3. The first-order valence-electron chi connectivity index (χ1n) is 10.4. The highest BCUT2D eigenvalue weighted by molar-refractivity contribution is 7.92. The second-order valence-corrected chi connectivity index (χ2v) is 10.9. The molecule has 3 atom stereocenters. The summed E-state index contributed by atoms with van der Waals surface area (Å²) in [6.07, 6.45) is 5.22. The van der Waals surface area contributed by atoms with Crippen LogP contribution in [0.2, 0.25) is 10.0 Å². The third-order valence-electron chi connectivity index (χ3n) is 6.21. The summed E-state index contributed by atoms with van der Waals surface area (Å²) >= 11 is 12.6. The molecule has 0 radical (unpaired) electrons. The molecule has 0 bridgehead atoms. The predicted molar refractivity (Wildman–Crippen MR) is 131 cm³/mol. The van der Waals surface area contributed by atoms with E-state index in [2.05, 4.69) is 22.2 Å². The minimum Gasteiger partial charge on any atom is -0.378 e. The summed E-state index contributed by atoms with van der Waals surface area (Å²) in [6, 6.07) is 18.2. The van der Waals surface area contributed by atoms with E-state index in [0.717, 1.165) is 28.8 Å². The van der Waals surface area contributed by atoms with Crippen molar-refractivity contribution in [3.8, 4) is 0 Å². The smallest absolute Gasteiger partial charge is 0.261 e. The molecule has 2 aliphatic rings. The van der Waals surface area contributed by atoms with Gasteiger partial charge in [-0.15, -0.1) is 0 Å². The number of sulfonamides is 1. The van der Waals surface area contributed by atoms with Crippen LogP contribution in [-0.4, -0.2) is 8.42 Å². The van der Waals surface area contributed by atoms with Gasteiger partial charge in [-0.3, -0.25) is 4.72 Å². The van der Waals surface area contributed by atoms with Crippen molar-refractivity contribution in [3.05, 3.63) is 99.6 Å². The van der Waals surface area contributed by atoms with Crippen molar-refractivity contribution in [2.24, 2.45) is 5.92 Å². The van der Waals surface area contributed by atoms with Crippen LogP contribution >= 0.6 is 23.2 Å². The largest absolute Gasteiger partial charge is 0.378 e. The Kier molecular flexibility index (Phi) is 5.44. The first-order valence-corrected chi connectivity index (χ1v) is 12.7. The maximum atomic E-state index is 13.1. The van der Waals surface area contributed by atoms with Crippen molar-refractivity contribution in [1.29, 1.82) is 0 Å². The van der Waals surface area contributed by atoms with E-state index in [-0.39, 0.29) is 22.8 Å². The molecule has 0 saturated carbocycles. The molecule has 0 aromatic heterocycles. The topological polar surface area (TPSA) is 58.2 Å². The first kappa shape index (κ1) is 21.4. The van der Waals surface area contributed by atoms with Crippen molar-refractivity contribution in [2.75, 3.05) is 10.0 Å². The van der Waals surface area contributed by atoms with Gasteiger partial charge in [0.15, 0.2) is 0 Å². The van der Waals surface area contributed by atoms with E-state index in [1.54, 1.807) is 24.3 Å². The Morgan fingerprint density at radius 3 is 2.62 bits per heavy atom. The lowest BCUT2D eigenvalue weighted by Gasteiger charge is -2.38. The van der Waals surface area contributed by atoms with Gasteiger partial charge in [0.05, 0.1) is 10.9 Å². The zero-order chi connectivity index (χ0) is 22.5. The minimum atomic E-state index is -3.71. The van der Waals surface area contributed by atoms with Crippen molar-refractivity contribution in [2.45, 2.75) is 30.2 Å². The van der Waals surface area contributed by atoms with Gasteiger partial charge in [0.1, 0.15) is 0 Å². The Balaban J connectivity index is 1.50. The first-order chi connectivity index (χ1) is 15.3. The molecule has 7 heteroatoms. The summed E-state index contributed by atoms with van der Waals surface area (Å²) in [5.41, 5.74) is 4.45. The molecule has 0 saturated heterocycles. The third kappa shape index (κ3) is 3.90. The van der Waals surface area contributed by atoms with E-state index in [4.69, 9.17) is 23.2 Å². The average Bonchev–Trinajstić information content (AvgIpc) is 3.23. The lowest BCUT2D eigenvalue weighted by Crippen LogP contribution is -2.29. The number of hydrogen-bond acceptors (Lipinski definition) is 3. The van der Waals surface area contributed by atoms with Gasteiger partial charge in [-0.1, -0.05) is 53.6 Å². The molecule has 0 spiro atoms. The van der Waals surface area contributed by atoms with Crippen LogP contribution in [0.5, 0.6) is 0 Å². The van der Waals surface area contributed by atoms with Crippen LogP contribution in [0.3, 0.4) is 0 Å². The Morgan fingerprint density at radius 2 is 1.84 bits per heavy atom. The number of aryl methyl sites for hydroxylation is 1. The van der Waals surface area contributed by atoms with Gasteiger partial charge in [0.25, 0.3) is 10.0 Å². The summed E-state index contributed by atoms with van der Waals surface area (Å²) in [6.45, 7) is 1.93. The molecule has 5 rings (SSSR count). The molecule has 0 amide bonds. The highest BCUT2D eigenvalue weighted by Crippen LogP contribution is 2.51. The lowest BCUT2D eigenvalue weighted by atomic mass is 9.77. The number of anilines is 2. The zero-order valence-electron chi connectivity index (χ0n) is 17.3. The van der Waals surface area contributed by atoms with E-state index in [1.165, 1.54) is 0 Å². The monoisotopic (exact) mass is 484 g/mol. The minimum absolute atomic E-state index is 0.0140. The summed E-state index contributed by atoms with van der Waals surface area (Å²) < 4.78 is 28.8. The van der Waals surface area contributed by atoms with Gasteiger partial charge in [-0.2, -0.15) is 0 Å². The normalized spacial score (nSPS) is 21.5. The average molecular weight is 485 g/mol. The number of benzene rings is 3. The van der Waals surface area contributed by atoms with Crippen LogP contribution in [0.15, 0.2) is 77.7 Å². The van der Waals surface area contributed by atoms with Crippen molar-refractivity contribution in [1.82, 2.24) is 0 Å². The van der Waals surface area contributed by atoms with Crippen molar-refractivity contribution < 1.29 is 8.42 Å². The molecular formula is C25H22Cl2N2O2S. The maximum Gasteiger partial charge on any atom is 0.261 e. The number of rotatable bonds is 4. The molecule has 2 N–H and O–H groups in total. The second kappa shape index (κ2) is 8.14. The van der Waals surface area contributed by atoms with Gasteiger partial charge in [-0.25, -0.2) is 8.42 Å². The zero-order valence-corrected chi connectivity index (χ0v) is 19.7. The molecular weight excluding hydrogens is 463 g/mol. The summed E-state index contributed by atoms with van der Waals surface area (Å²) in [7, 11) is -3.71. The van der Waals surface area contributed by atoms with Crippen LogP contribution in [0, 0.1) is 12.8 Å². The molecule has 164 valence electrons. The van der Waals surface area contributed by atoms with Gasteiger partial charge in [-0.05, 0) is 78.4 Å². The van der Waals surface area contributed by atoms with Crippen LogP contribution in [0.4, 0.5) is 11.4 Å². The SMILES string of the molecule is Cc1cccc(NS(=O)(=O)c2ccc3c(c2)[C@H]2C=CC[C@H]2[C@@H](c2ccc(Cl)cc2Cl)N3)c1. The Labute approximate surface area is 198 Å². The van der Waals surface area contributed by atoms with Crippen LogP contribution in [0.1, 0.15) is 35.1 Å². The molecule has 3 aromatic rings. The number of halogens is 2. The van der Waals surface area contributed by atoms with E-state index < -0.39 is 10.0 Å². The number of hydrogen-bond donors (Lipinski definition) is 2. The Hall–Kier alpha value is -2.47. The van der Waals surface area contributed by atoms with E-state index in [9.17, 15) is 8.42 Å². The predicted octanol–water partition coefficient (Wildman–Crippen LogP) is 6.93. The molecule has 0 fully saturated rings. The fraction of sp³-hybridized carbons (Fsp3) is 0.200. The molecule has 3 aromatic carbocycles. The Bertz CT molecular complexity index is 1340. The van der Waals surface area contributed by atoms with Crippen LogP contribution in [-0.2, 0) is 10.0 Å². The summed E-state index contributed by atoms with van der Waals surface area (Å²) in [5.74, 6) is 0.348. The molecule has 1 aliphatic carbocycles. The molecule has 1 heterocycles. The van der Waals surface area contributed by atoms with E-state index in [0.29, 0.717) is 15.7 Å². The van der Waals surface area contributed by atoms with Crippen LogP contribution in [0.25, 0.3) is 0 Å². The molecule has 32 heavy (non-hydrogen) atoms. The van der Waals surface area contributed by atoms with E-state index in [1.807, 2.05) is 43.3 Å². The fourth-order valence-electron chi connectivity index (χ4n) is 4.72. The van der Waals surface area contributed by atoms with Gasteiger partial charge in [0.2, 0.25) is 0 Å². The van der Waals surface area contributed by atoms with Gasteiger partial charge in [0, 0.05) is 27.3 Å². The lowest BCUT2D eigenvalue weighted by molar-refractivity contribution is 0.425. The van der Waals surface area contributed by atoms with Gasteiger partial charge >= 0.3 is 0 Å². The molecule has 4 nitrogen and oxygen atoms in total. The van der Waals surface area contributed by atoms with Crippen molar-refractivity contribution >= 4 is 44.6 Å². The van der Waals surface area contributed by atoms with Crippen molar-refractivity contribution in [3.63, 3.8) is 0 Å². The molecule has 1 aliphatic heterocycles. The number of nitrogens with one attached hydrogen (secondary N) is 2. The summed E-state index contributed by atoms with van der Waals surface area (Å²) in [5, 5.41) is 4.83. The van der Waals surface area contributed by atoms with Gasteiger partial charge < -0.3 is 5.32 Å². The van der Waals surface area contributed by atoms with Crippen LogP contribution < -0.4 is 10.0 Å². The second-order valence-electron chi connectivity index (χ2n) is 8.37. The maximum absolute atomic E-state index is 13.1. The quantitative estimate of drug-likeness (QED) is 0.394. The number of allylic oxidation sites excluding steroid dienone is 2. The standard InChI is InChI=1S/C25H22Cl2N2O2S/c1-15-4-2-5-17(12-15)29-32(30,31)18-9-11-24-22(14-18)19-6-3-7-20(19)25(28-24)21-10-8-16(26)13-23(21)27/h2-6,8-14,19-20,25,28-29H,7H2,1H3/t19-,20+,25-/m0/s1. The third-order valence-corrected chi connectivity index (χ3v) is 8.15. The molecule has 0 unspecified atom stereocenters. The highest BCUT2D eigenvalue weighted by atomic mass is 35.5.